The molecule has 2 rings (SSSR count). The largest absolute Gasteiger partial charge is 0.497 e. The van der Waals surface area contributed by atoms with E-state index in [1.165, 1.54) is 5.69 Å². The quantitative estimate of drug-likeness (QED) is 0.903. The molecule has 1 heterocycles. The number of rotatable bonds is 4. The van der Waals surface area contributed by atoms with Gasteiger partial charge >= 0.3 is 0 Å². The number of anilines is 1. The molecule has 2 unspecified atom stereocenters. The van der Waals surface area contributed by atoms with Gasteiger partial charge in [-0.2, -0.15) is 0 Å². The van der Waals surface area contributed by atoms with Gasteiger partial charge in [0, 0.05) is 43.0 Å². The van der Waals surface area contributed by atoms with E-state index in [-0.39, 0.29) is 0 Å². The van der Waals surface area contributed by atoms with Crippen LogP contribution in [0.1, 0.15) is 13.3 Å². The fourth-order valence-corrected chi connectivity index (χ4v) is 2.78. The van der Waals surface area contributed by atoms with Crippen molar-refractivity contribution in [3.05, 3.63) is 18.2 Å². The molecule has 1 aromatic carbocycles. The number of nitrogens with one attached hydrogen (secondary N) is 1. The minimum atomic E-state index is 0.615. The molecule has 4 nitrogen and oxygen atoms in total. The SMILES string of the molecule is CNC1CCN(c2cc(OC)cc(OC)c2)CC1C. The van der Waals surface area contributed by atoms with Crippen LogP contribution in [0.4, 0.5) is 5.69 Å². The van der Waals surface area contributed by atoms with Crippen molar-refractivity contribution in [2.24, 2.45) is 5.92 Å². The summed E-state index contributed by atoms with van der Waals surface area (Å²) >= 11 is 0. The molecule has 19 heavy (non-hydrogen) atoms. The van der Waals surface area contributed by atoms with Crippen LogP contribution >= 0.6 is 0 Å². The van der Waals surface area contributed by atoms with Crippen molar-refractivity contribution in [1.82, 2.24) is 5.32 Å². The maximum Gasteiger partial charge on any atom is 0.124 e. The predicted octanol–water partition coefficient (Wildman–Crippen LogP) is 2.14. The third kappa shape index (κ3) is 3.13. The van der Waals surface area contributed by atoms with Gasteiger partial charge in [-0.1, -0.05) is 6.92 Å². The molecule has 4 heteroatoms. The van der Waals surface area contributed by atoms with Crippen LogP contribution in [0.25, 0.3) is 0 Å². The molecular formula is C15H24N2O2. The molecule has 1 saturated heterocycles. The van der Waals surface area contributed by atoms with Crippen LogP contribution in [-0.2, 0) is 0 Å². The highest BCUT2D eigenvalue weighted by molar-refractivity contribution is 5.56. The molecule has 0 bridgehead atoms. The van der Waals surface area contributed by atoms with Crippen molar-refractivity contribution < 1.29 is 9.47 Å². The van der Waals surface area contributed by atoms with E-state index in [9.17, 15) is 0 Å². The summed E-state index contributed by atoms with van der Waals surface area (Å²) in [6.45, 7) is 4.42. The van der Waals surface area contributed by atoms with Gasteiger partial charge in [0.25, 0.3) is 0 Å². The molecule has 1 N–H and O–H groups in total. The fourth-order valence-electron chi connectivity index (χ4n) is 2.78. The molecule has 1 aliphatic rings. The van der Waals surface area contributed by atoms with E-state index in [1.807, 2.05) is 13.1 Å². The predicted molar refractivity (Wildman–Crippen MR) is 78.4 cm³/mol. The Hall–Kier alpha value is -1.42. The number of hydrogen-bond acceptors (Lipinski definition) is 4. The van der Waals surface area contributed by atoms with Crippen molar-refractivity contribution in [2.45, 2.75) is 19.4 Å². The highest BCUT2D eigenvalue weighted by Gasteiger charge is 2.25. The lowest BCUT2D eigenvalue weighted by Gasteiger charge is -2.38. The van der Waals surface area contributed by atoms with Crippen LogP contribution < -0.4 is 19.7 Å². The molecule has 106 valence electrons. The van der Waals surface area contributed by atoms with Gasteiger partial charge in [0.15, 0.2) is 0 Å². The van der Waals surface area contributed by atoms with E-state index in [0.717, 1.165) is 31.0 Å². The summed E-state index contributed by atoms with van der Waals surface area (Å²) in [5.74, 6) is 2.33. The minimum absolute atomic E-state index is 0.615. The van der Waals surface area contributed by atoms with Gasteiger partial charge in [-0.3, -0.25) is 0 Å². The van der Waals surface area contributed by atoms with Crippen LogP contribution in [0.2, 0.25) is 0 Å². The zero-order valence-corrected chi connectivity index (χ0v) is 12.3. The molecule has 0 spiro atoms. The second kappa shape index (κ2) is 6.15. The first-order valence-corrected chi connectivity index (χ1v) is 6.83. The molecule has 0 radical (unpaired) electrons. The van der Waals surface area contributed by atoms with E-state index in [0.29, 0.717) is 12.0 Å². The normalized spacial score (nSPS) is 23.3. The summed E-state index contributed by atoms with van der Waals surface area (Å²) in [6.07, 6.45) is 1.16. The van der Waals surface area contributed by atoms with Gasteiger partial charge in [-0.25, -0.2) is 0 Å². The number of piperidine rings is 1. The first-order chi connectivity index (χ1) is 9.17. The standard InChI is InChI=1S/C15H24N2O2/c1-11-10-17(6-5-15(11)16-2)12-7-13(18-3)9-14(8-12)19-4/h7-9,11,15-16H,5-6,10H2,1-4H3. The van der Waals surface area contributed by atoms with Crippen LogP contribution in [0.15, 0.2) is 18.2 Å². The Morgan fingerprint density at radius 3 is 2.26 bits per heavy atom. The highest BCUT2D eigenvalue weighted by Crippen LogP contribution is 2.31. The van der Waals surface area contributed by atoms with Crippen molar-refractivity contribution in [1.29, 1.82) is 0 Å². The Morgan fingerprint density at radius 2 is 1.79 bits per heavy atom. The Bertz CT molecular complexity index is 400. The number of nitrogens with zero attached hydrogens (tertiary/aromatic N) is 1. The maximum absolute atomic E-state index is 5.34. The topological polar surface area (TPSA) is 33.7 Å². The van der Waals surface area contributed by atoms with Crippen LogP contribution in [0, 0.1) is 5.92 Å². The molecule has 1 fully saturated rings. The maximum atomic E-state index is 5.34. The average Bonchev–Trinajstić information content (AvgIpc) is 2.46. The second-order valence-electron chi connectivity index (χ2n) is 5.18. The molecule has 0 amide bonds. The second-order valence-corrected chi connectivity index (χ2v) is 5.18. The Kier molecular flexibility index (Phi) is 4.53. The third-order valence-electron chi connectivity index (χ3n) is 3.98. The zero-order valence-electron chi connectivity index (χ0n) is 12.3. The van der Waals surface area contributed by atoms with E-state index in [1.54, 1.807) is 14.2 Å². The summed E-state index contributed by atoms with van der Waals surface area (Å²) in [7, 11) is 5.42. The lowest BCUT2D eigenvalue weighted by molar-refractivity contribution is 0.338. The van der Waals surface area contributed by atoms with Gasteiger partial charge in [-0.05, 0) is 19.4 Å². The summed E-state index contributed by atoms with van der Waals surface area (Å²) in [5.41, 5.74) is 1.18. The number of ether oxygens (including phenoxy) is 2. The van der Waals surface area contributed by atoms with Crippen molar-refractivity contribution in [3.8, 4) is 11.5 Å². The van der Waals surface area contributed by atoms with Crippen LogP contribution in [-0.4, -0.2) is 40.4 Å². The summed E-state index contributed by atoms with van der Waals surface area (Å²) in [6, 6.07) is 6.68. The smallest absolute Gasteiger partial charge is 0.124 e. The molecular weight excluding hydrogens is 240 g/mol. The minimum Gasteiger partial charge on any atom is -0.497 e. The molecule has 2 atom stereocenters. The zero-order chi connectivity index (χ0) is 13.8. The van der Waals surface area contributed by atoms with E-state index in [2.05, 4.69) is 29.3 Å². The molecule has 1 aromatic rings. The van der Waals surface area contributed by atoms with Crippen molar-refractivity contribution in [3.63, 3.8) is 0 Å². The van der Waals surface area contributed by atoms with Crippen LogP contribution in [0.5, 0.6) is 11.5 Å². The van der Waals surface area contributed by atoms with Gasteiger partial charge in [0.05, 0.1) is 14.2 Å². The summed E-state index contributed by atoms with van der Waals surface area (Å²) in [4.78, 5) is 2.41. The highest BCUT2D eigenvalue weighted by atomic mass is 16.5. The number of hydrogen-bond donors (Lipinski definition) is 1. The first kappa shape index (κ1) is 14.0. The van der Waals surface area contributed by atoms with Gasteiger partial charge in [0.2, 0.25) is 0 Å². The first-order valence-electron chi connectivity index (χ1n) is 6.83. The number of benzene rings is 1. The third-order valence-corrected chi connectivity index (χ3v) is 3.98. The van der Waals surface area contributed by atoms with Gasteiger partial charge < -0.3 is 19.7 Å². The van der Waals surface area contributed by atoms with E-state index >= 15 is 0 Å². The van der Waals surface area contributed by atoms with Gasteiger partial charge in [-0.15, -0.1) is 0 Å². The summed E-state index contributed by atoms with van der Waals surface area (Å²) in [5, 5.41) is 3.39. The Morgan fingerprint density at radius 1 is 1.16 bits per heavy atom. The van der Waals surface area contributed by atoms with Crippen LogP contribution in [0.3, 0.4) is 0 Å². The van der Waals surface area contributed by atoms with Crippen molar-refractivity contribution in [2.75, 3.05) is 39.3 Å². The fraction of sp³-hybridized carbons (Fsp3) is 0.600. The lowest BCUT2D eigenvalue weighted by atomic mass is 9.93. The Balaban J connectivity index is 2.18. The number of methoxy groups -OCH3 is 2. The molecule has 0 aromatic heterocycles. The lowest BCUT2D eigenvalue weighted by Crippen LogP contribution is -2.47. The van der Waals surface area contributed by atoms with Gasteiger partial charge in [0.1, 0.15) is 11.5 Å². The summed E-state index contributed by atoms with van der Waals surface area (Å²) < 4.78 is 10.7. The van der Waals surface area contributed by atoms with E-state index in [4.69, 9.17) is 9.47 Å². The average molecular weight is 264 g/mol. The molecule has 0 saturated carbocycles. The van der Waals surface area contributed by atoms with E-state index < -0.39 is 0 Å². The molecule has 1 aliphatic heterocycles. The van der Waals surface area contributed by atoms with Crippen molar-refractivity contribution >= 4 is 5.69 Å². The Labute approximate surface area is 115 Å². The monoisotopic (exact) mass is 264 g/mol. The molecule has 0 aliphatic carbocycles.